The van der Waals surface area contributed by atoms with Gasteiger partial charge in [-0.1, -0.05) is 15.9 Å². The summed E-state index contributed by atoms with van der Waals surface area (Å²) in [5.74, 6) is -1.89. The number of hydrogen-bond acceptors (Lipinski definition) is 8. The number of nitrogens with zero attached hydrogens (tertiary/aromatic N) is 2. The van der Waals surface area contributed by atoms with E-state index in [2.05, 4.69) is 20.7 Å². The van der Waals surface area contributed by atoms with Gasteiger partial charge in [-0.2, -0.15) is 0 Å². The number of nitro groups is 1. The van der Waals surface area contributed by atoms with E-state index in [1.165, 1.54) is 0 Å². The van der Waals surface area contributed by atoms with Crippen molar-refractivity contribution in [1.82, 2.24) is 4.57 Å². The van der Waals surface area contributed by atoms with Crippen LogP contribution < -0.4 is 5.56 Å². The molecular weight excluding hydrogens is 464 g/mol. The number of benzene rings is 1. The number of ether oxygens (including phenoxy) is 2. The third kappa shape index (κ3) is 3.96. The van der Waals surface area contributed by atoms with Gasteiger partial charge in [0.2, 0.25) is 5.76 Å². The second-order valence-electron chi connectivity index (χ2n) is 6.06. The average molecular weight is 479 g/mol. The van der Waals surface area contributed by atoms with Crippen LogP contribution >= 0.6 is 15.9 Å². The molecule has 0 radical (unpaired) electrons. The lowest BCUT2D eigenvalue weighted by Gasteiger charge is -2.09. The van der Waals surface area contributed by atoms with Gasteiger partial charge >= 0.3 is 11.9 Å². The summed E-state index contributed by atoms with van der Waals surface area (Å²) in [6, 6.07) is 5.86. The Bertz CT molecular complexity index is 1230. The fourth-order valence-corrected chi connectivity index (χ4v) is 3.26. The van der Waals surface area contributed by atoms with Crippen molar-refractivity contribution in [2.45, 2.75) is 13.5 Å². The highest BCUT2D eigenvalue weighted by Crippen LogP contribution is 2.30. The number of rotatable bonds is 6. The Labute approximate surface area is 177 Å². The molecule has 2 heterocycles. The lowest BCUT2D eigenvalue weighted by Crippen LogP contribution is -2.28. The van der Waals surface area contributed by atoms with Crippen molar-refractivity contribution < 1.29 is 28.4 Å². The molecule has 0 bridgehead atoms. The summed E-state index contributed by atoms with van der Waals surface area (Å²) in [6.45, 7) is 1.45. The number of furan rings is 1. The molecule has 3 rings (SSSR count). The van der Waals surface area contributed by atoms with E-state index >= 15 is 0 Å². The minimum atomic E-state index is -1.01. The van der Waals surface area contributed by atoms with Crippen LogP contribution in [-0.2, 0) is 16.0 Å². The van der Waals surface area contributed by atoms with E-state index in [0.717, 1.165) is 23.9 Å². The monoisotopic (exact) mass is 478 g/mol. The molecule has 0 aliphatic rings. The maximum absolute atomic E-state index is 12.8. The molecule has 2 aromatic heterocycles. The van der Waals surface area contributed by atoms with Crippen LogP contribution in [-0.4, -0.2) is 35.1 Å². The number of fused-ring (bicyclic) bond motifs is 1. The maximum atomic E-state index is 12.8. The van der Waals surface area contributed by atoms with Crippen LogP contribution in [0.4, 0.5) is 5.69 Å². The molecule has 10 nitrogen and oxygen atoms in total. The fraction of sp³-hybridized carbons (Fsp3) is 0.211. The topological polar surface area (TPSA) is 131 Å². The fourth-order valence-electron chi connectivity index (χ4n) is 2.90. The van der Waals surface area contributed by atoms with Crippen LogP contribution in [0.5, 0.6) is 0 Å². The number of methoxy groups -OCH3 is 1. The van der Waals surface area contributed by atoms with Crippen LogP contribution in [0, 0.1) is 10.1 Å². The Hall–Kier alpha value is -3.47. The largest absolute Gasteiger partial charge is 0.465 e. The van der Waals surface area contributed by atoms with Crippen molar-refractivity contribution >= 4 is 44.5 Å². The van der Waals surface area contributed by atoms with E-state index in [0.29, 0.717) is 15.4 Å². The van der Waals surface area contributed by atoms with Gasteiger partial charge in [-0.3, -0.25) is 14.9 Å². The molecule has 3 aromatic rings. The van der Waals surface area contributed by atoms with Gasteiger partial charge in [0.25, 0.3) is 11.2 Å². The molecule has 0 aliphatic heterocycles. The molecule has 0 saturated carbocycles. The Morgan fingerprint density at radius 1 is 1.27 bits per heavy atom. The van der Waals surface area contributed by atoms with E-state index in [4.69, 9.17) is 9.15 Å². The highest BCUT2D eigenvalue weighted by molar-refractivity contribution is 9.10. The molecule has 0 atom stereocenters. The molecule has 0 spiro atoms. The van der Waals surface area contributed by atoms with Gasteiger partial charge in [0.15, 0.2) is 0 Å². The smallest absolute Gasteiger partial charge is 0.374 e. The Balaban J connectivity index is 2.24. The molecular formula is C19H15BrN2O8. The van der Waals surface area contributed by atoms with Crippen LogP contribution in [0.3, 0.4) is 0 Å². The lowest BCUT2D eigenvalue weighted by atomic mass is 10.1. The summed E-state index contributed by atoms with van der Waals surface area (Å²) in [5, 5.41) is 11.8. The summed E-state index contributed by atoms with van der Waals surface area (Å²) in [6.07, 6.45) is 0.987. The minimum absolute atomic E-state index is 0.0995. The predicted octanol–water partition coefficient (Wildman–Crippen LogP) is 3.28. The molecule has 30 heavy (non-hydrogen) atoms. The van der Waals surface area contributed by atoms with E-state index in [1.807, 2.05) is 0 Å². The van der Waals surface area contributed by atoms with Gasteiger partial charge in [-0.05, 0) is 25.1 Å². The lowest BCUT2D eigenvalue weighted by molar-refractivity contribution is -0.385. The van der Waals surface area contributed by atoms with E-state index in [-0.39, 0.29) is 24.5 Å². The van der Waals surface area contributed by atoms with E-state index in [9.17, 15) is 24.5 Å². The quantitative estimate of drug-likeness (QED) is 0.299. The Kier molecular flexibility index (Phi) is 6.01. The first-order valence-corrected chi connectivity index (χ1v) is 9.41. The molecule has 0 amide bonds. The van der Waals surface area contributed by atoms with Crippen molar-refractivity contribution in [3.8, 4) is 0 Å². The summed E-state index contributed by atoms with van der Waals surface area (Å²) < 4.78 is 16.8. The minimum Gasteiger partial charge on any atom is -0.465 e. The second kappa shape index (κ2) is 8.49. The standard InChI is InChI=1S/C19H15BrN2O8/c1-3-29-19(25)16-14(12-6-10(20)4-5-15(12)30-16)9-21-8-11(22(26)27)7-13(17(21)23)18(24)28-2/h4-8H,3,9H2,1-2H3. The normalized spacial score (nSPS) is 10.8. The zero-order valence-electron chi connectivity index (χ0n) is 15.8. The number of hydrogen-bond donors (Lipinski definition) is 0. The number of carbonyl (C=O) groups is 2. The van der Waals surface area contributed by atoms with Crippen LogP contribution in [0.2, 0.25) is 0 Å². The van der Waals surface area contributed by atoms with Gasteiger partial charge in [0.1, 0.15) is 11.1 Å². The summed E-state index contributed by atoms with van der Waals surface area (Å²) in [4.78, 5) is 47.6. The summed E-state index contributed by atoms with van der Waals surface area (Å²) in [7, 11) is 1.06. The third-order valence-corrected chi connectivity index (χ3v) is 4.72. The first-order valence-electron chi connectivity index (χ1n) is 8.62. The van der Waals surface area contributed by atoms with Crippen molar-refractivity contribution in [3.63, 3.8) is 0 Å². The van der Waals surface area contributed by atoms with Gasteiger partial charge in [-0.25, -0.2) is 9.59 Å². The molecule has 11 heteroatoms. The summed E-state index contributed by atoms with van der Waals surface area (Å²) >= 11 is 3.34. The molecule has 0 saturated heterocycles. The predicted molar refractivity (Wildman–Crippen MR) is 108 cm³/mol. The van der Waals surface area contributed by atoms with Crippen LogP contribution in [0.15, 0.2) is 44.1 Å². The third-order valence-electron chi connectivity index (χ3n) is 4.23. The molecule has 0 fully saturated rings. The second-order valence-corrected chi connectivity index (χ2v) is 6.98. The van der Waals surface area contributed by atoms with Crippen molar-refractivity contribution in [1.29, 1.82) is 0 Å². The van der Waals surface area contributed by atoms with E-state index < -0.39 is 33.7 Å². The van der Waals surface area contributed by atoms with Gasteiger partial charge in [-0.15, -0.1) is 0 Å². The first kappa shape index (κ1) is 21.2. The van der Waals surface area contributed by atoms with Crippen molar-refractivity contribution in [2.75, 3.05) is 13.7 Å². The summed E-state index contributed by atoms with van der Waals surface area (Å²) in [5.41, 5.74) is -1.15. The number of pyridine rings is 1. The van der Waals surface area contributed by atoms with Crippen molar-refractivity contribution in [2.24, 2.45) is 0 Å². The van der Waals surface area contributed by atoms with Crippen molar-refractivity contribution in [3.05, 3.63) is 72.3 Å². The molecule has 1 aromatic carbocycles. The van der Waals surface area contributed by atoms with Gasteiger partial charge in [0.05, 0.1) is 31.4 Å². The highest BCUT2D eigenvalue weighted by Gasteiger charge is 2.25. The first-order chi connectivity index (χ1) is 14.3. The van der Waals surface area contributed by atoms with Crippen LogP contribution in [0.25, 0.3) is 11.0 Å². The number of esters is 2. The molecule has 156 valence electrons. The zero-order chi connectivity index (χ0) is 22.0. The molecule has 0 unspecified atom stereocenters. The number of carbonyl (C=O) groups excluding carboxylic acids is 2. The highest BCUT2D eigenvalue weighted by atomic mass is 79.9. The number of halogens is 1. The van der Waals surface area contributed by atoms with Gasteiger partial charge in [0, 0.05) is 21.5 Å². The average Bonchev–Trinajstić information content (AvgIpc) is 3.06. The SMILES string of the molecule is CCOC(=O)c1oc2ccc(Br)cc2c1Cn1cc([N+](=O)[O-])cc(C(=O)OC)c1=O. The molecule has 0 aliphatic carbocycles. The Morgan fingerprint density at radius 2 is 2.00 bits per heavy atom. The van der Waals surface area contributed by atoms with Crippen LogP contribution in [0.1, 0.15) is 33.4 Å². The maximum Gasteiger partial charge on any atom is 0.374 e. The van der Waals surface area contributed by atoms with Gasteiger partial charge < -0.3 is 18.5 Å². The van der Waals surface area contributed by atoms with E-state index in [1.54, 1.807) is 25.1 Å². The number of aromatic nitrogens is 1. The Morgan fingerprint density at radius 3 is 2.63 bits per heavy atom. The molecule has 0 N–H and O–H groups in total. The zero-order valence-corrected chi connectivity index (χ0v) is 17.4.